The number of non-ortho nitro benzene ring substituents is 1. The molecule has 2 aromatic carbocycles. The number of nitro benzene ring substituents is 1. The highest BCUT2D eigenvalue weighted by molar-refractivity contribution is 6.45. The van der Waals surface area contributed by atoms with Gasteiger partial charge in [0.1, 0.15) is 18.6 Å². The van der Waals surface area contributed by atoms with Crippen LogP contribution in [0.15, 0.2) is 53.7 Å². The molecular formula is C16H15N3O5. The summed E-state index contributed by atoms with van der Waals surface area (Å²) in [5.41, 5.74) is 0.327. The van der Waals surface area contributed by atoms with Gasteiger partial charge in [-0.15, -0.1) is 0 Å². The molecule has 124 valence electrons. The van der Waals surface area contributed by atoms with E-state index in [2.05, 4.69) is 10.5 Å². The maximum atomic E-state index is 12.0. The molecular weight excluding hydrogens is 314 g/mol. The highest BCUT2D eigenvalue weighted by atomic mass is 16.6. The molecule has 1 N–H and O–H groups in total. The summed E-state index contributed by atoms with van der Waals surface area (Å²) >= 11 is 0. The molecule has 0 aliphatic carbocycles. The third-order valence-corrected chi connectivity index (χ3v) is 3.02. The van der Waals surface area contributed by atoms with E-state index in [4.69, 9.17) is 9.57 Å². The van der Waals surface area contributed by atoms with Crippen molar-refractivity contribution < 1.29 is 19.3 Å². The fraction of sp³-hybridized carbons (Fsp3) is 0.125. The molecule has 0 saturated carbocycles. The van der Waals surface area contributed by atoms with E-state index in [-0.39, 0.29) is 17.1 Å². The molecule has 24 heavy (non-hydrogen) atoms. The van der Waals surface area contributed by atoms with Crippen LogP contribution in [0.25, 0.3) is 0 Å². The Balaban J connectivity index is 2.42. The van der Waals surface area contributed by atoms with Crippen molar-refractivity contribution in [1.29, 1.82) is 0 Å². The maximum absolute atomic E-state index is 12.0. The van der Waals surface area contributed by atoms with Crippen LogP contribution in [0.2, 0.25) is 0 Å². The number of nitrogens with one attached hydrogen (secondary N) is 1. The first-order valence-electron chi connectivity index (χ1n) is 6.91. The lowest BCUT2D eigenvalue weighted by molar-refractivity contribution is -0.384. The van der Waals surface area contributed by atoms with E-state index >= 15 is 0 Å². The van der Waals surface area contributed by atoms with Gasteiger partial charge in [0.2, 0.25) is 0 Å². The molecule has 0 spiro atoms. The molecule has 0 unspecified atom stereocenters. The number of rotatable bonds is 6. The van der Waals surface area contributed by atoms with Gasteiger partial charge in [-0.05, 0) is 18.2 Å². The van der Waals surface area contributed by atoms with Gasteiger partial charge in [-0.1, -0.05) is 23.4 Å². The standard InChI is InChI=1S/C16H15N3O5/c1-17-16(20)15(18-23-2)13-8-3-4-9-14(13)24-12-7-5-6-11(10-12)19(21)22/h3-10H,1-2H3,(H,17,20). The van der Waals surface area contributed by atoms with Gasteiger partial charge in [-0.3, -0.25) is 14.9 Å². The number of benzene rings is 2. The van der Waals surface area contributed by atoms with Crippen LogP contribution in [-0.4, -0.2) is 30.7 Å². The largest absolute Gasteiger partial charge is 0.456 e. The van der Waals surface area contributed by atoms with E-state index in [0.717, 1.165) is 0 Å². The zero-order valence-electron chi connectivity index (χ0n) is 13.1. The fourth-order valence-corrected chi connectivity index (χ4v) is 1.96. The van der Waals surface area contributed by atoms with Crippen molar-refractivity contribution in [3.05, 3.63) is 64.2 Å². The second kappa shape index (κ2) is 7.73. The van der Waals surface area contributed by atoms with Crippen molar-refractivity contribution in [2.75, 3.05) is 14.2 Å². The fourth-order valence-electron chi connectivity index (χ4n) is 1.96. The van der Waals surface area contributed by atoms with Crippen LogP contribution in [0.1, 0.15) is 5.56 Å². The molecule has 2 aromatic rings. The first kappa shape index (κ1) is 16.9. The Kier molecular flexibility index (Phi) is 5.45. The lowest BCUT2D eigenvalue weighted by Crippen LogP contribution is -2.28. The molecule has 0 atom stereocenters. The SMILES string of the molecule is CNC(=O)C(=NOC)c1ccccc1Oc1cccc([N+](=O)[O-])c1. The second-order valence-electron chi connectivity index (χ2n) is 4.55. The van der Waals surface area contributed by atoms with Crippen LogP contribution in [0, 0.1) is 10.1 Å². The highest BCUT2D eigenvalue weighted by Gasteiger charge is 2.19. The maximum Gasteiger partial charge on any atom is 0.273 e. The summed E-state index contributed by atoms with van der Waals surface area (Å²) in [4.78, 5) is 27.0. The average Bonchev–Trinajstić information content (AvgIpc) is 2.60. The molecule has 2 rings (SSSR count). The molecule has 0 heterocycles. The van der Waals surface area contributed by atoms with E-state index in [1.165, 1.54) is 32.4 Å². The highest BCUT2D eigenvalue weighted by Crippen LogP contribution is 2.28. The predicted octanol–water partition coefficient (Wildman–Crippen LogP) is 2.48. The quantitative estimate of drug-likeness (QED) is 0.498. The number of hydrogen-bond donors (Lipinski definition) is 1. The van der Waals surface area contributed by atoms with E-state index < -0.39 is 10.8 Å². The number of nitro groups is 1. The average molecular weight is 329 g/mol. The minimum atomic E-state index is -0.513. The van der Waals surface area contributed by atoms with Gasteiger partial charge in [0.05, 0.1) is 16.6 Å². The summed E-state index contributed by atoms with van der Waals surface area (Å²) in [5, 5.41) is 17.1. The van der Waals surface area contributed by atoms with Crippen LogP contribution >= 0.6 is 0 Å². The number of carbonyl (C=O) groups is 1. The molecule has 8 heteroatoms. The topological polar surface area (TPSA) is 103 Å². The lowest BCUT2D eigenvalue weighted by Gasteiger charge is -2.11. The van der Waals surface area contributed by atoms with E-state index in [1.54, 1.807) is 30.3 Å². The van der Waals surface area contributed by atoms with E-state index in [9.17, 15) is 14.9 Å². The van der Waals surface area contributed by atoms with Gasteiger partial charge >= 0.3 is 0 Å². The van der Waals surface area contributed by atoms with Crippen molar-refractivity contribution in [3.8, 4) is 11.5 Å². The Morgan fingerprint density at radius 3 is 2.62 bits per heavy atom. The summed E-state index contributed by atoms with van der Waals surface area (Å²) in [6.07, 6.45) is 0. The van der Waals surface area contributed by atoms with Gasteiger partial charge in [0.25, 0.3) is 11.6 Å². The third-order valence-electron chi connectivity index (χ3n) is 3.02. The molecule has 0 fully saturated rings. The summed E-state index contributed by atoms with van der Waals surface area (Å²) in [7, 11) is 2.80. The number of likely N-dealkylation sites (N-methyl/N-ethyl adjacent to an activating group) is 1. The zero-order chi connectivity index (χ0) is 17.5. The van der Waals surface area contributed by atoms with Crippen LogP contribution in [0.5, 0.6) is 11.5 Å². The molecule has 0 aliphatic rings. The summed E-state index contributed by atoms with van der Waals surface area (Å²) in [6.45, 7) is 0. The van der Waals surface area contributed by atoms with Crippen molar-refractivity contribution in [1.82, 2.24) is 5.32 Å². The number of amides is 1. The number of para-hydroxylation sites is 1. The van der Waals surface area contributed by atoms with E-state index in [1.807, 2.05) is 0 Å². The molecule has 0 radical (unpaired) electrons. The molecule has 8 nitrogen and oxygen atoms in total. The van der Waals surface area contributed by atoms with Crippen molar-refractivity contribution in [3.63, 3.8) is 0 Å². The molecule has 0 aromatic heterocycles. The molecule has 1 amide bonds. The van der Waals surface area contributed by atoms with Crippen molar-refractivity contribution >= 4 is 17.3 Å². The smallest absolute Gasteiger partial charge is 0.273 e. The van der Waals surface area contributed by atoms with Gasteiger partial charge < -0.3 is 14.9 Å². The Morgan fingerprint density at radius 2 is 1.96 bits per heavy atom. The Labute approximate surface area is 137 Å². The monoisotopic (exact) mass is 329 g/mol. The van der Waals surface area contributed by atoms with Crippen LogP contribution < -0.4 is 10.1 Å². The summed E-state index contributed by atoms with van der Waals surface area (Å²) in [6, 6.07) is 12.4. The Morgan fingerprint density at radius 1 is 1.21 bits per heavy atom. The molecule has 0 saturated heterocycles. The second-order valence-corrected chi connectivity index (χ2v) is 4.55. The normalized spacial score (nSPS) is 10.8. The van der Waals surface area contributed by atoms with Crippen molar-refractivity contribution in [2.24, 2.45) is 5.16 Å². The first-order chi connectivity index (χ1) is 11.6. The number of hydrogen-bond acceptors (Lipinski definition) is 6. The van der Waals surface area contributed by atoms with Gasteiger partial charge in [0, 0.05) is 13.1 Å². The Bertz CT molecular complexity index is 789. The third kappa shape index (κ3) is 3.86. The van der Waals surface area contributed by atoms with Crippen LogP contribution in [-0.2, 0) is 9.63 Å². The number of oxime groups is 1. The summed E-state index contributed by atoms with van der Waals surface area (Å²) < 4.78 is 5.70. The van der Waals surface area contributed by atoms with E-state index in [0.29, 0.717) is 11.3 Å². The van der Waals surface area contributed by atoms with Gasteiger partial charge in [-0.25, -0.2) is 0 Å². The minimum absolute atomic E-state index is 0.0287. The molecule has 0 bridgehead atoms. The van der Waals surface area contributed by atoms with Crippen molar-refractivity contribution in [2.45, 2.75) is 0 Å². The van der Waals surface area contributed by atoms with Gasteiger partial charge in [0.15, 0.2) is 5.71 Å². The molecule has 0 aliphatic heterocycles. The zero-order valence-corrected chi connectivity index (χ0v) is 13.1. The number of nitrogens with zero attached hydrogens (tertiary/aromatic N) is 2. The van der Waals surface area contributed by atoms with Crippen LogP contribution in [0.3, 0.4) is 0 Å². The van der Waals surface area contributed by atoms with Crippen LogP contribution in [0.4, 0.5) is 5.69 Å². The minimum Gasteiger partial charge on any atom is -0.456 e. The first-order valence-corrected chi connectivity index (χ1v) is 6.91. The van der Waals surface area contributed by atoms with Gasteiger partial charge in [-0.2, -0.15) is 0 Å². The lowest BCUT2D eigenvalue weighted by atomic mass is 10.1. The number of carbonyl (C=O) groups excluding carboxylic acids is 1. The summed E-state index contributed by atoms with van der Waals surface area (Å²) in [5.74, 6) is 0.134. The number of ether oxygens (including phenoxy) is 1. The predicted molar refractivity (Wildman–Crippen MR) is 87.2 cm³/mol. The Hall–Kier alpha value is -3.42.